The minimum atomic E-state index is -1.63. The van der Waals surface area contributed by atoms with E-state index >= 15 is 0 Å². The predicted octanol–water partition coefficient (Wildman–Crippen LogP) is 2.28. The van der Waals surface area contributed by atoms with Crippen molar-refractivity contribution in [3.63, 3.8) is 0 Å². The van der Waals surface area contributed by atoms with Crippen LogP contribution in [0.2, 0.25) is 0 Å². The minimum Gasteiger partial charge on any atom is -0.478 e. The number of benzene rings is 1. The van der Waals surface area contributed by atoms with Crippen LogP contribution in [0.15, 0.2) is 24.3 Å². The second-order valence-electron chi connectivity index (χ2n) is 5.69. The summed E-state index contributed by atoms with van der Waals surface area (Å²) in [6.07, 6.45) is 0. The number of hydrogen-bond donors (Lipinski definition) is 3. The minimum absolute atomic E-state index is 0.0985. The van der Waals surface area contributed by atoms with Crippen molar-refractivity contribution < 1.29 is 39.2 Å². The first-order valence-corrected chi connectivity index (χ1v) is 7.60. The zero-order chi connectivity index (χ0) is 20.0. The first kappa shape index (κ1) is 17.9. The van der Waals surface area contributed by atoms with Crippen LogP contribution in [0.1, 0.15) is 47.1 Å². The molecule has 0 aliphatic rings. The molecule has 3 aromatic rings. The van der Waals surface area contributed by atoms with Crippen molar-refractivity contribution in [3.05, 3.63) is 52.2 Å². The Morgan fingerprint density at radius 3 is 1.89 bits per heavy atom. The van der Waals surface area contributed by atoms with E-state index in [0.717, 1.165) is 7.11 Å². The van der Waals surface area contributed by atoms with Crippen LogP contribution < -0.4 is 0 Å². The number of aromatic nitrogens is 1. The summed E-state index contributed by atoms with van der Waals surface area (Å²) >= 11 is 0. The number of pyridine rings is 1. The average molecular weight is 371 g/mol. The highest BCUT2D eigenvalue weighted by Crippen LogP contribution is 2.34. The monoisotopic (exact) mass is 371 g/mol. The Labute approximate surface area is 151 Å². The van der Waals surface area contributed by atoms with Crippen LogP contribution in [-0.4, -0.2) is 50.7 Å². The van der Waals surface area contributed by atoms with E-state index in [-0.39, 0.29) is 27.7 Å². The van der Waals surface area contributed by atoms with Crippen LogP contribution in [0, 0.1) is 6.92 Å². The van der Waals surface area contributed by atoms with Crippen LogP contribution in [0.25, 0.3) is 16.4 Å². The summed E-state index contributed by atoms with van der Waals surface area (Å²) in [5, 5.41) is 29.1. The number of carbonyl (C=O) groups is 4. The normalized spacial score (nSPS) is 10.9. The number of ether oxygens (including phenoxy) is 1. The molecule has 9 nitrogen and oxygen atoms in total. The van der Waals surface area contributed by atoms with Crippen LogP contribution in [0.4, 0.5) is 0 Å². The number of aryl methyl sites for hydroxylation is 1. The number of carboxylic acid groups (broad SMARTS) is 3. The lowest BCUT2D eigenvalue weighted by Crippen LogP contribution is -2.14. The maximum atomic E-state index is 12.2. The molecule has 0 saturated heterocycles. The fraction of sp³-hybridized carbons (Fsp3) is 0.111. The molecule has 0 amide bonds. The van der Waals surface area contributed by atoms with Crippen molar-refractivity contribution in [1.82, 2.24) is 4.40 Å². The smallest absolute Gasteiger partial charge is 0.340 e. The highest BCUT2D eigenvalue weighted by molar-refractivity contribution is 6.20. The zero-order valence-corrected chi connectivity index (χ0v) is 14.1. The molecule has 0 unspecified atom stereocenters. The highest BCUT2D eigenvalue weighted by Gasteiger charge is 2.34. The lowest BCUT2D eigenvalue weighted by molar-refractivity contribution is 0.0582. The largest absolute Gasteiger partial charge is 0.478 e. The highest BCUT2D eigenvalue weighted by atomic mass is 16.5. The van der Waals surface area contributed by atoms with Crippen molar-refractivity contribution >= 4 is 40.3 Å². The number of rotatable bonds is 4. The van der Waals surface area contributed by atoms with E-state index in [1.54, 1.807) is 6.07 Å². The number of aromatic carboxylic acids is 3. The summed E-state index contributed by atoms with van der Waals surface area (Å²) in [6.45, 7) is 1.43. The van der Waals surface area contributed by atoms with E-state index in [2.05, 4.69) is 4.74 Å². The summed E-state index contributed by atoms with van der Waals surface area (Å²) in [4.78, 5) is 47.9. The zero-order valence-electron chi connectivity index (χ0n) is 14.1. The molecule has 27 heavy (non-hydrogen) atoms. The molecule has 1 aromatic carbocycles. The van der Waals surface area contributed by atoms with Gasteiger partial charge in [0.15, 0.2) is 0 Å². The lowest BCUT2D eigenvalue weighted by Gasteiger charge is -2.12. The fourth-order valence-electron chi connectivity index (χ4n) is 3.35. The Bertz CT molecular complexity index is 1170. The first-order valence-electron chi connectivity index (χ1n) is 7.60. The Morgan fingerprint density at radius 1 is 0.852 bits per heavy atom. The maximum absolute atomic E-state index is 12.2. The van der Waals surface area contributed by atoms with Gasteiger partial charge >= 0.3 is 23.9 Å². The van der Waals surface area contributed by atoms with Gasteiger partial charge in [-0.05, 0) is 13.0 Å². The molecule has 3 N–H and O–H groups in total. The first-order chi connectivity index (χ1) is 12.7. The van der Waals surface area contributed by atoms with Crippen LogP contribution in [0.3, 0.4) is 0 Å². The van der Waals surface area contributed by atoms with Crippen LogP contribution in [-0.2, 0) is 4.74 Å². The summed E-state index contributed by atoms with van der Waals surface area (Å²) in [5.74, 6) is -5.69. The molecule has 138 valence electrons. The molecule has 3 rings (SSSR count). The van der Waals surface area contributed by atoms with Gasteiger partial charge in [-0.1, -0.05) is 18.2 Å². The average Bonchev–Trinajstić information content (AvgIpc) is 2.92. The third kappa shape index (κ3) is 2.40. The van der Waals surface area contributed by atoms with Crippen molar-refractivity contribution in [2.24, 2.45) is 0 Å². The Morgan fingerprint density at radius 2 is 1.37 bits per heavy atom. The summed E-state index contributed by atoms with van der Waals surface area (Å²) in [7, 11) is 1.06. The molecule has 2 aromatic heterocycles. The van der Waals surface area contributed by atoms with Crippen molar-refractivity contribution in [1.29, 1.82) is 0 Å². The molecule has 0 aliphatic carbocycles. The van der Waals surface area contributed by atoms with Gasteiger partial charge in [0.2, 0.25) is 0 Å². The van der Waals surface area contributed by atoms with Crippen molar-refractivity contribution in [2.45, 2.75) is 6.92 Å². The molecular weight excluding hydrogens is 358 g/mol. The topological polar surface area (TPSA) is 143 Å². The van der Waals surface area contributed by atoms with Crippen molar-refractivity contribution in [2.75, 3.05) is 7.11 Å². The SMILES string of the molecule is COC(=O)c1c(C(=O)O)c2c(C(=O)O)c(C(=O)O)c3ccccc3n2c1C. The van der Waals surface area contributed by atoms with E-state index in [1.165, 1.54) is 29.5 Å². The number of para-hydroxylation sites is 1. The van der Waals surface area contributed by atoms with E-state index in [9.17, 15) is 34.5 Å². The molecule has 9 heteroatoms. The molecule has 0 bridgehead atoms. The lowest BCUT2D eigenvalue weighted by atomic mass is 9.99. The fourth-order valence-corrected chi connectivity index (χ4v) is 3.35. The molecule has 2 heterocycles. The number of carboxylic acids is 3. The molecule has 0 aliphatic heterocycles. The van der Waals surface area contributed by atoms with Gasteiger partial charge in [0, 0.05) is 11.1 Å². The molecule has 0 saturated carbocycles. The number of esters is 1. The molecular formula is C18H13NO8. The Balaban J connectivity index is 2.80. The van der Waals surface area contributed by atoms with Gasteiger partial charge in [0.1, 0.15) is 5.56 Å². The molecule has 0 radical (unpaired) electrons. The van der Waals surface area contributed by atoms with E-state index < -0.39 is 40.6 Å². The molecule has 0 atom stereocenters. The number of carbonyl (C=O) groups excluding carboxylic acids is 1. The second kappa shape index (κ2) is 6.13. The third-order valence-electron chi connectivity index (χ3n) is 4.34. The number of nitrogens with zero attached hydrogens (tertiary/aromatic N) is 1. The van der Waals surface area contributed by atoms with Gasteiger partial charge in [0.25, 0.3) is 0 Å². The number of methoxy groups -OCH3 is 1. The van der Waals surface area contributed by atoms with E-state index in [0.29, 0.717) is 0 Å². The van der Waals surface area contributed by atoms with Gasteiger partial charge in [-0.15, -0.1) is 0 Å². The van der Waals surface area contributed by atoms with E-state index in [1.807, 2.05) is 0 Å². The summed E-state index contributed by atoms with van der Waals surface area (Å²) < 4.78 is 5.91. The molecule has 0 spiro atoms. The van der Waals surface area contributed by atoms with Gasteiger partial charge in [0.05, 0.1) is 34.8 Å². The van der Waals surface area contributed by atoms with Gasteiger partial charge in [-0.3, -0.25) is 0 Å². The predicted molar refractivity (Wildman–Crippen MR) is 91.9 cm³/mol. The van der Waals surface area contributed by atoms with Crippen LogP contribution in [0.5, 0.6) is 0 Å². The molecule has 0 fully saturated rings. The Kier molecular flexibility index (Phi) is 4.07. The number of hydrogen-bond acceptors (Lipinski definition) is 5. The third-order valence-corrected chi connectivity index (χ3v) is 4.34. The van der Waals surface area contributed by atoms with E-state index in [4.69, 9.17) is 0 Å². The second-order valence-corrected chi connectivity index (χ2v) is 5.69. The van der Waals surface area contributed by atoms with Gasteiger partial charge in [-0.25, -0.2) is 19.2 Å². The standard InChI is InChI=1S/C18H13NO8/c1-7-10(18(26)27-2)12(16(22)23)14-13(17(24)25)11(15(20)21)8-5-3-4-6-9(8)19(7)14/h3-6H,1-2H3,(H,20,21)(H,22,23)(H,24,25). The Hall–Kier alpha value is -3.88. The number of fused-ring (bicyclic) bond motifs is 3. The van der Waals surface area contributed by atoms with Crippen LogP contribution >= 0.6 is 0 Å². The van der Waals surface area contributed by atoms with Gasteiger partial charge < -0.3 is 24.5 Å². The van der Waals surface area contributed by atoms with Crippen molar-refractivity contribution in [3.8, 4) is 0 Å². The summed E-state index contributed by atoms with van der Waals surface area (Å²) in [6, 6.07) is 6.05. The summed E-state index contributed by atoms with van der Waals surface area (Å²) in [5.41, 5.74) is -2.22. The maximum Gasteiger partial charge on any atom is 0.340 e. The van der Waals surface area contributed by atoms with Gasteiger partial charge in [-0.2, -0.15) is 0 Å². The quantitative estimate of drug-likeness (QED) is 0.593.